The second-order valence-corrected chi connectivity index (χ2v) is 5.85. The van der Waals surface area contributed by atoms with E-state index in [0.29, 0.717) is 19.0 Å². The van der Waals surface area contributed by atoms with Gasteiger partial charge in [0.05, 0.1) is 12.6 Å². The van der Waals surface area contributed by atoms with Crippen LogP contribution in [0.4, 0.5) is 0 Å². The zero-order chi connectivity index (χ0) is 17.1. The summed E-state index contributed by atoms with van der Waals surface area (Å²) in [5.41, 5.74) is 0.243. The molecule has 7 nitrogen and oxygen atoms in total. The summed E-state index contributed by atoms with van der Waals surface area (Å²) in [6.45, 7) is 1.40. The Hall–Kier alpha value is -2.93. The molecule has 0 spiro atoms. The van der Waals surface area contributed by atoms with Crippen LogP contribution >= 0.6 is 0 Å². The topological polar surface area (TPSA) is 86.5 Å². The minimum atomic E-state index is -0.262. The lowest BCUT2D eigenvalue weighted by molar-refractivity contribution is 0.0920. The standard InChI is InChI=1S/C18H17N3O4/c22-18(20-13-5-7-23-10-13)16-8-14(25-21-16)11-24-17-3-1-2-12-9-19-6-4-15(12)17/h1-4,6,8-9,13H,5,7,10-11H2,(H,20,22). The number of rotatable bonds is 5. The summed E-state index contributed by atoms with van der Waals surface area (Å²) in [6, 6.07) is 9.28. The van der Waals surface area contributed by atoms with Gasteiger partial charge >= 0.3 is 0 Å². The second-order valence-electron chi connectivity index (χ2n) is 5.85. The number of carbonyl (C=O) groups is 1. The lowest BCUT2D eigenvalue weighted by Gasteiger charge is -2.08. The molecule has 1 unspecified atom stereocenters. The number of benzene rings is 1. The Morgan fingerprint density at radius 3 is 3.20 bits per heavy atom. The Balaban J connectivity index is 1.41. The van der Waals surface area contributed by atoms with Crippen LogP contribution in [0.1, 0.15) is 22.7 Å². The van der Waals surface area contributed by atoms with Crippen LogP contribution in [0.25, 0.3) is 10.8 Å². The molecule has 0 radical (unpaired) electrons. The molecule has 1 atom stereocenters. The molecule has 1 saturated heterocycles. The molecule has 7 heteroatoms. The first-order valence-electron chi connectivity index (χ1n) is 8.09. The summed E-state index contributed by atoms with van der Waals surface area (Å²) >= 11 is 0. The zero-order valence-corrected chi connectivity index (χ0v) is 13.5. The highest BCUT2D eigenvalue weighted by atomic mass is 16.5. The van der Waals surface area contributed by atoms with Crippen LogP contribution in [0.15, 0.2) is 47.2 Å². The number of carbonyl (C=O) groups excluding carboxylic acids is 1. The molecule has 0 saturated carbocycles. The van der Waals surface area contributed by atoms with E-state index < -0.39 is 0 Å². The highest BCUT2D eigenvalue weighted by Gasteiger charge is 2.21. The maximum Gasteiger partial charge on any atom is 0.273 e. The van der Waals surface area contributed by atoms with Crippen molar-refractivity contribution in [2.75, 3.05) is 13.2 Å². The molecule has 1 aliphatic rings. The number of nitrogens with zero attached hydrogens (tertiary/aromatic N) is 2. The molecule has 1 amide bonds. The summed E-state index contributed by atoms with van der Waals surface area (Å²) in [7, 11) is 0. The van der Waals surface area contributed by atoms with E-state index in [1.807, 2.05) is 24.3 Å². The molecule has 1 aromatic carbocycles. The molecule has 1 aliphatic heterocycles. The Kier molecular flexibility index (Phi) is 4.30. The summed E-state index contributed by atoms with van der Waals surface area (Å²) in [5.74, 6) is 0.950. The Morgan fingerprint density at radius 1 is 1.36 bits per heavy atom. The molecular weight excluding hydrogens is 322 g/mol. The number of aromatic nitrogens is 2. The molecule has 2 aromatic heterocycles. The maximum atomic E-state index is 12.1. The Bertz CT molecular complexity index is 881. The third-order valence-electron chi connectivity index (χ3n) is 4.07. The molecule has 128 valence electrons. The van der Waals surface area contributed by atoms with E-state index in [4.69, 9.17) is 14.0 Å². The number of nitrogens with one attached hydrogen (secondary N) is 1. The van der Waals surface area contributed by atoms with Crippen molar-refractivity contribution in [2.24, 2.45) is 0 Å². The molecule has 0 bridgehead atoms. The van der Waals surface area contributed by atoms with Crippen molar-refractivity contribution >= 4 is 16.7 Å². The summed E-state index contributed by atoms with van der Waals surface area (Å²) in [4.78, 5) is 16.2. The second kappa shape index (κ2) is 6.90. The van der Waals surface area contributed by atoms with Gasteiger partial charge < -0.3 is 19.3 Å². The van der Waals surface area contributed by atoms with Gasteiger partial charge in [0.1, 0.15) is 12.4 Å². The minimum absolute atomic E-state index is 0.0354. The van der Waals surface area contributed by atoms with Gasteiger partial charge in [-0.15, -0.1) is 0 Å². The first-order chi connectivity index (χ1) is 12.3. The van der Waals surface area contributed by atoms with Gasteiger partial charge in [0, 0.05) is 35.8 Å². The number of pyridine rings is 1. The van der Waals surface area contributed by atoms with E-state index in [-0.39, 0.29) is 24.2 Å². The SMILES string of the molecule is O=C(NC1CCOC1)c1cc(COc2cccc3cnccc23)on1. The highest BCUT2D eigenvalue weighted by molar-refractivity contribution is 5.92. The fourth-order valence-electron chi connectivity index (χ4n) is 2.76. The van der Waals surface area contributed by atoms with E-state index in [1.165, 1.54) is 0 Å². The fraction of sp³-hybridized carbons (Fsp3) is 0.278. The molecule has 1 fully saturated rings. The van der Waals surface area contributed by atoms with Gasteiger partial charge in [-0.2, -0.15) is 0 Å². The van der Waals surface area contributed by atoms with E-state index >= 15 is 0 Å². The van der Waals surface area contributed by atoms with Crippen molar-refractivity contribution < 1.29 is 18.8 Å². The number of fused-ring (bicyclic) bond motifs is 1. The van der Waals surface area contributed by atoms with Crippen LogP contribution in [0.5, 0.6) is 5.75 Å². The van der Waals surface area contributed by atoms with Gasteiger partial charge in [-0.25, -0.2) is 0 Å². The fourth-order valence-corrected chi connectivity index (χ4v) is 2.76. The van der Waals surface area contributed by atoms with Crippen LogP contribution in [0.2, 0.25) is 0 Å². The third-order valence-corrected chi connectivity index (χ3v) is 4.07. The first-order valence-corrected chi connectivity index (χ1v) is 8.09. The Morgan fingerprint density at radius 2 is 2.32 bits per heavy atom. The van der Waals surface area contributed by atoms with Gasteiger partial charge in [0.25, 0.3) is 5.91 Å². The average Bonchev–Trinajstić information content (AvgIpc) is 3.31. The molecule has 25 heavy (non-hydrogen) atoms. The van der Waals surface area contributed by atoms with E-state index in [9.17, 15) is 4.79 Å². The van der Waals surface area contributed by atoms with Crippen molar-refractivity contribution in [3.8, 4) is 5.75 Å². The molecule has 3 heterocycles. The molecular formula is C18H17N3O4. The molecule has 0 aliphatic carbocycles. The van der Waals surface area contributed by atoms with Gasteiger partial charge in [0.15, 0.2) is 11.5 Å². The van der Waals surface area contributed by atoms with Crippen LogP contribution in [0.3, 0.4) is 0 Å². The van der Waals surface area contributed by atoms with Crippen LogP contribution in [-0.2, 0) is 11.3 Å². The van der Waals surface area contributed by atoms with E-state index in [0.717, 1.165) is 22.9 Å². The van der Waals surface area contributed by atoms with Crippen molar-refractivity contribution in [3.05, 3.63) is 54.2 Å². The summed E-state index contributed by atoms with van der Waals surface area (Å²) < 4.78 is 16.3. The van der Waals surface area contributed by atoms with Gasteiger partial charge in [0.2, 0.25) is 0 Å². The lowest BCUT2D eigenvalue weighted by atomic mass is 10.1. The summed E-state index contributed by atoms with van der Waals surface area (Å²) in [6.07, 6.45) is 4.32. The van der Waals surface area contributed by atoms with Crippen molar-refractivity contribution in [1.29, 1.82) is 0 Å². The molecule has 4 rings (SSSR count). The van der Waals surface area contributed by atoms with Crippen LogP contribution < -0.4 is 10.1 Å². The zero-order valence-electron chi connectivity index (χ0n) is 13.5. The smallest absolute Gasteiger partial charge is 0.273 e. The number of hydrogen-bond donors (Lipinski definition) is 1. The van der Waals surface area contributed by atoms with Gasteiger partial charge in [-0.1, -0.05) is 17.3 Å². The van der Waals surface area contributed by atoms with Crippen molar-refractivity contribution in [2.45, 2.75) is 19.1 Å². The van der Waals surface area contributed by atoms with E-state index in [2.05, 4.69) is 15.5 Å². The van der Waals surface area contributed by atoms with Gasteiger partial charge in [-0.3, -0.25) is 9.78 Å². The normalized spacial score (nSPS) is 16.9. The first kappa shape index (κ1) is 15.6. The average molecular weight is 339 g/mol. The molecule has 3 aromatic rings. The van der Waals surface area contributed by atoms with Crippen LogP contribution in [0, 0.1) is 0 Å². The highest BCUT2D eigenvalue weighted by Crippen LogP contribution is 2.25. The predicted octanol–water partition coefficient (Wildman–Crippen LogP) is 2.32. The number of amides is 1. The number of hydrogen-bond acceptors (Lipinski definition) is 6. The monoisotopic (exact) mass is 339 g/mol. The maximum absolute atomic E-state index is 12.1. The van der Waals surface area contributed by atoms with Crippen LogP contribution in [-0.4, -0.2) is 35.3 Å². The van der Waals surface area contributed by atoms with Gasteiger partial charge in [-0.05, 0) is 18.6 Å². The third kappa shape index (κ3) is 3.46. The lowest BCUT2D eigenvalue weighted by Crippen LogP contribution is -2.35. The van der Waals surface area contributed by atoms with Crippen molar-refractivity contribution in [1.82, 2.24) is 15.5 Å². The quantitative estimate of drug-likeness (QED) is 0.768. The predicted molar refractivity (Wildman–Crippen MR) is 89.3 cm³/mol. The Labute approximate surface area is 143 Å². The minimum Gasteiger partial charge on any atom is -0.485 e. The molecule has 1 N–H and O–H groups in total. The largest absolute Gasteiger partial charge is 0.485 e. The van der Waals surface area contributed by atoms with E-state index in [1.54, 1.807) is 18.5 Å². The number of ether oxygens (including phenoxy) is 2. The van der Waals surface area contributed by atoms with Crippen molar-refractivity contribution in [3.63, 3.8) is 0 Å². The summed E-state index contributed by atoms with van der Waals surface area (Å²) in [5, 5.41) is 8.65.